The summed E-state index contributed by atoms with van der Waals surface area (Å²) in [5, 5.41) is 9.64. The minimum atomic E-state index is -0.696. The predicted molar refractivity (Wildman–Crippen MR) is 223 cm³/mol. The second-order valence-electron chi connectivity index (χ2n) is 15.2. The number of amides is 4. The number of thiophene rings is 2. The van der Waals surface area contributed by atoms with Gasteiger partial charge in [-0.15, -0.1) is 22.7 Å². The van der Waals surface area contributed by atoms with Crippen LogP contribution in [0.15, 0.2) is 47.4 Å². The molecule has 2 aliphatic rings. The van der Waals surface area contributed by atoms with Gasteiger partial charge < -0.3 is 39.9 Å². The number of aromatic nitrogens is 4. The molecule has 0 bridgehead atoms. The summed E-state index contributed by atoms with van der Waals surface area (Å²) in [4.78, 5) is 70.7. The third kappa shape index (κ3) is 8.32. The lowest BCUT2D eigenvalue weighted by molar-refractivity contribution is -0.136. The third-order valence-electron chi connectivity index (χ3n) is 10.8. The normalized spacial score (nSPS) is 17.7. The van der Waals surface area contributed by atoms with E-state index in [-0.39, 0.29) is 35.7 Å². The van der Waals surface area contributed by atoms with E-state index in [1.54, 1.807) is 33.8 Å². The van der Waals surface area contributed by atoms with E-state index in [9.17, 15) is 19.2 Å². The van der Waals surface area contributed by atoms with Gasteiger partial charge in [0.1, 0.15) is 29.4 Å². The lowest BCUT2D eigenvalue weighted by Gasteiger charge is -2.30. The second kappa shape index (κ2) is 17.5. The van der Waals surface area contributed by atoms with E-state index >= 15 is 0 Å². The van der Waals surface area contributed by atoms with E-state index in [1.807, 2.05) is 38.8 Å². The summed E-state index contributed by atoms with van der Waals surface area (Å²) >= 11 is 3.33. The molecule has 2 aliphatic heterocycles. The monoisotopic (exact) mass is 824 g/mol. The van der Waals surface area contributed by atoms with Crippen molar-refractivity contribution < 1.29 is 28.7 Å². The molecule has 0 spiro atoms. The summed E-state index contributed by atoms with van der Waals surface area (Å²) in [6.45, 7) is 8.77. The molecular weight excluding hydrogens is 777 g/mol. The van der Waals surface area contributed by atoms with E-state index in [4.69, 9.17) is 9.47 Å². The molecule has 0 radical (unpaired) electrons. The van der Waals surface area contributed by atoms with Crippen LogP contribution in [0.1, 0.15) is 88.4 Å². The molecule has 2 saturated heterocycles. The summed E-state index contributed by atoms with van der Waals surface area (Å²) in [7, 11) is 2.58. The highest BCUT2D eigenvalue weighted by Crippen LogP contribution is 2.41. The summed E-state index contributed by atoms with van der Waals surface area (Å²) in [5.41, 5.74) is 5.70. The summed E-state index contributed by atoms with van der Waals surface area (Å²) in [6.07, 6.45) is 5.50. The van der Waals surface area contributed by atoms with Crippen molar-refractivity contribution in [2.75, 3.05) is 27.3 Å². The van der Waals surface area contributed by atoms with Gasteiger partial charge in [-0.25, -0.2) is 19.6 Å². The number of methoxy groups -OCH3 is 2. The number of H-pyrrole nitrogens is 2. The number of carbonyl (C=O) groups is 4. The average Bonchev–Trinajstić information content (AvgIpc) is 4.07. The first kappa shape index (κ1) is 40.5. The summed E-state index contributed by atoms with van der Waals surface area (Å²) in [6, 6.07) is 6.54. The van der Waals surface area contributed by atoms with Crippen LogP contribution in [0.3, 0.4) is 0 Å². The van der Waals surface area contributed by atoms with Gasteiger partial charge in [0.2, 0.25) is 11.8 Å². The molecule has 2 unspecified atom stereocenters. The quantitative estimate of drug-likeness (QED) is 0.107. The first-order valence-corrected chi connectivity index (χ1v) is 21.2. The number of imidazole rings is 2. The fourth-order valence-electron chi connectivity index (χ4n) is 7.68. The molecule has 14 nitrogen and oxygen atoms in total. The molecule has 4 amide bonds. The average molecular weight is 825 g/mol. The summed E-state index contributed by atoms with van der Waals surface area (Å²) < 4.78 is 11.8. The highest BCUT2D eigenvalue weighted by atomic mass is 32.1. The van der Waals surface area contributed by atoms with E-state index in [0.29, 0.717) is 24.6 Å². The van der Waals surface area contributed by atoms with Crippen LogP contribution in [0.2, 0.25) is 0 Å². The molecule has 304 valence electrons. The van der Waals surface area contributed by atoms with Crippen molar-refractivity contribution in [2.45, 2.75) is 77.5 Å². The first-order valence-electron chi connectivity index (χ1n) is 19.5. The van der Waals surface area contributed by atoms with Gasteiger partial charge in [0.25, 0.3) is 0 Å². The van der Waals surface area contributed by atoms with Crippen LogP contribution >= 0.6 is 22.7 Å². The smallest absolute Gasteiger partial charge is 0.407 e. The van der Waals surface area contributed by atoms with E-state index < -0.39 is 24.3 Å². The van der Waals surface area contributed by atoms with Gasteiger partial charge in [0, 0.05) is 29.4 Å². The minimum absolute atomic E-state index is 0.106. The maximum atomic E-state index is 13.6. The van der Waals surface area contributed by atoms with E-state index in [1.165, 1.54) is 18.9 Å². The first-order chi connectivity index (χ1) is 28.0. The van der Waals surface area contributed by atoms with Gasteiger partial charge in [-0.1, -0.05) is 57.9 Å². The Hall–Kier alpha value is -5.66. The lowest BCUT2D eigenvalue weighted by Crippen LogP contribution is -2.51. The second-order valence-corrected chi connectivity index (χ2v) is 17.0. The van der Waals surface area contributed by atoms with Gasteiger partial charge in [-0.3, -0.25) is 9.59 Å². The number of benzene rings is 1. The highest BCUT2D eigenvalue weighted by molar-refractivity contribution is 7.27. The number of nitrogens with one attached hydrogen (secondary N) is 4. The number of likely N-dealkylation sites (tertiary alicyclic amines) is 2. The maximum Gasteiger partial charge on any atom is 0.407 e. The van der Waals surface area contributed by atoms with Crippen LogP contribution in [0.25, 0.3) is 31.8 Å². The molecular formula is C42H48N8O6S2. The fraction of sp³-hybridized carbons (Fsp3) is 0.429. The Labute approximate surface area is 345 Å². The third-order valence-corrected chi connectivity index (χ3v) is 13.0. The van der Waals surface area contributed by atoms with Crippen LogP contribution in [0, 0.1) is 23.7 Å². The molecule has 2 fully saturated rings. The molecule has 16 heteroatoms. The maximum absolute atomic E-state index is 13.6. The van der Waals surface area contributed by atoms with Crippen molar-refractivity contribution in [1.29, 1.82) is 0 Å². The number of hydrogen-bond acceptors (Lipinski definition) is 10. The molecule has 4 aromatic heterocycles. The van der Waals surface area contributed by atoms with Gasteiger partial charge in [0.05, 0.1) is 59.4 Å². The molecule has 6 heterocycles. The SMILES string of the molecule is COC(=O)N[C@H](C(=O)N1CCCC1c1ncc(C#Cc2csc3c(-c4ccc(-c5cnc(C6CCCN6C(=O)[C@@H](NC(=O)OC)C(C)C)[nH]5)cc4)csc23)[nH]1)C(C)C. The van der Waals surface area contributed by atoms with Crippen molar-refractivity contribution in [3.05, 3.63) is 70.3 Å². The van der Waals surface area contributed by atoms with Crippen molar-refractivity contribution in [3.63, 3.8) is 0 Å². The molecule has 5 aromatic rings. The van der Waals surface area contributed by atoms with Crippen molar-refractivity contribution in [2.24, 2.45) is 11.8 Å². The summed E-state index contributed by atoms with van der Waals surface area (Å²) in [5.74, 6) is 7.47. The van der Waals surface area contributed by atoms with Gasteiger partial charge >= 0.3 is 12.2 Å². The number of ether oxygens (including phenoxy) is 2. The van der Waals surface area contributed by atoms with Crippen LogP contribution in [0.5, 0.6) is 0 Å². The van der Waals surface area contributed by atoms with Crippen molar-refractivity contribution in [3.8, 4) is 34.2 Å². The number of alkyl carbamates (subject to hydrolysis) is 2. The van der Waals surface area contributed by atoms with Crippen molar-refractivity contribution in [1.82, 2.24) is 40.4 Å². The molecule has 4 N–H and O–H groups in total. The minimum Gasteiger partial charge on any atom is -0.453 e. The number of hydrogen-bond donors (Lipinski definition) is 4. The molecule has 0 saturated carbocycles. The van der Waals surface area contributed by atoms with Gasteiger partial charge in [-0.05, 0) is 54.6 Å². The van der Waals surface area contributed by atoms with Gasteiger partial charge in [0.15, 0.2) is 0 Å². The Morgan fingerprint density at radius 2 is 1.28 bits per heavy atom. The zero-order chi connectivity index (χ0) is 41.1. The zero-order valence-corrected chi connectivity index (χ0v) is 35.0. The Balaban J connectivity index is 1.02. The molecule has 0 aliphatic carbocycles. The number of carbonyl (C=O) groups excluding carboxylic acids is 4. The van der Waals surface area contributed by atoms with Crippen LogP contribution < -0.4 is 10.6 Å². The number of nitrogens with zero attached hydrogens (tertiary/aromatic N) is 4. The van der Waals surface area contributed by atoms with Gasteiger partial charge in [-0.2, -0.15) is 0 Å². The van der Waals surface area contributed by atoms with Crippen molar-refractivity contribution >= 4 is 56.1 Å². The number of aromatic amines is 2. The number of fused-ring (bicyclic) bond motifs is 1. The Bertz CT molecular complexity index is 2350. The standard InChI is InChI=1S/C42H48N8O6S2/c1-23(2)33(47-41(53)55-5)39(51)49-17-7-9-31(49)37-43-19-28(45-37)16-15-27-21-57-36-29(22-58-35(27)36)25-11-13-26(14-12-25)30-20-44-38(46-30)32-10-8-18-50(32)40(52)34(24(3)4)48-42(54)56-6/h11-14,19-24,31-34H,7-10,17-18H2,1-6H3,(H,43,45)(H,44,46)(H,47,53)(H,48,54)/t31?,32?,33-,34-/m0/s1. The Morgan fingerprint density at radius 3 is 1.84 bits per heavy atom. The largest absolute Gasteiger partial charge is 0.453 e. The van der Waals surface area contributed by atoms with E-state index in [2.05, 4.69) is 77.4 Å². The Morgan fingerprint density at radius 1 is 0.741 bits per heavy atom. The lowest BCUT2D eigenvalue weighted by atomic mass is 10.0. The zero-order valence-electron chi connectivity index (χ0n) is 33.4. The predicted octanol–water partition coefficient (Wildman–Crippen LogP) is 7.23. The molecule has 7 rings (SSSR count). The van der Waals surface area contributed by atoms with Crippen LogP contribution in [0.4, 0.5) is 9.59 Å². The van der Waals surface area contributed by atoms with E-state index in [0.717, 1.165) is 64.2 Å². The van der Waals surface area contributed by atoms with Crippen LogP contribution in [-0.4, -0.2) is 93.1 Å². The molecule has 1 aromatic carbocycles. The van der Waals surface area contributed by atoms with Crippen LogP contribution in [-0.2, 0) is 19.1 Å². The topological polar surface area (TPSA) is 175 Å². The molecule has 58 heavy (non-hydrogen) atoms. The Kier molecular flexibility index (Phi) is 12.2. The number of rotatable bonds is 10. The fourth-order valence-corrected chi connectivity index (χ4v) is 9.99. The molecule has 4 atom stereocenters. The highest BCUT2D eigenvalue weighted by Gasteiger charge is 2.39.